The minimum absolute atomic E-state index is 0.0974. The van der Waals surface area contributed by atoms with Gasteiger partial charge in [-0.25, -0.2) is 9.37 Å². The molecule has 2 N–H and O–H groups in total. The highest BCUT2D eigenvalue weighted by molar-refractivity contribution is 5.78. The smallest absolute Gasteiger partial charge is 0.151 e. The second-order valence-corrected chi connectivity index (χ2v) is 8.56. The van der Waals surface area contributed by atoms with Gasteiger partial charge in [0.05, 0.1) is 12.3 Å². The first-order valence-electron chi connectivity index (χ1n) is 11.3. The van der Waals surface area contributed by atoms with E-state index in [1.54, 1.807) is 18.3 Å². The lowest BCUT2D eigenvalue weighted by atomic mass is 10.0. The Labute approximate surface area is 182 Å². The van der Waals surface area contributed by atoms with Crippen molar-refractivity contribution in [2.75, 3.05) is 17.2 Å². The van der Waals surface area contributed by atoms with Crippen molar-refractivity contribution in [3.05, 3.63) is 72.2 Å². The molecular weight excluding hydrogens is 389 g/mol. The highest BCUT2D eigenvalue weighted by Gasteiger charge is 2.23. The third kappa shape index (κ3) is 4.50. The first-order valence-corrected chi connectivity index (χ1v) is 11.3. The maximum Gasteiger partial charge on any atom is 0.151 e. The number of fused-ring (bicyclic) bond motifs is 1. The molecule has 0 saturated heterocycles. The first kappa shape index (κ1) is 19.9. The fourth-order valence-electron chi connectivity index (χ4n) is 4.56. The Hall–Kier alpha value is -3.08. The summed E-state index contributed by atoms with van der Waals surface area (Å²) < 4.78 is 20.3. The second-order valence-electron chi connectivity index (χ2n) is 8.56. The van der Waals surface area contributed by atoms with Gasteiger partial charge in [-0.05, 0) is 48.6 Å². The molecule has 5 heteroatoms. The van der Waals surface area contributed by atoms with E-state index < -0.39 is 0 Å². The molecule has 2 aliphatic rings. The van der Waals surface area contributed by atoms with Crippen LogP contribution in [0.3, 0.4) is 0 Å². The standard InChI is InChI=1S/C26H28FN3O/c27-23-13-6-5-12-22(23)20-15-24-26(28-16-20)30-25(29-24)19-10-7-11-21(14-19)31-17-18-8-3-1-2-4-9-18/h5-7,10-16,18,25,29H,1-4,8-9,17H2,(H,28,30). The van der Waals surface area contributed by atoms with Crippen LogP contribution in [0.1, 0.15) is 50.3 Å². The van der Waals surface area contributed by atoms with Crippen LogP contribution in [-0.2, 0) is 0 Å². The molecule has 1 aliphatic heterocycles. The molecule has 2 aromatic carbocycles. The lowest BCUT2D eigenvalue weighted by molar-refractivity contribution is 0.233. The number of anilines is 2. The molecule has 5 rings (SSSR count). The molecule has 160 valence electrons. The van der Waals surface area contributed by atoms with Crippen LogP contribution < -0.4 is 15.4 Å². The van der Waals surface area contributed by atoms with Crippen molar-refractivity contribution in [1.29, 1.82) is 0 Å². The Balaban J connectivity index is 1.27. The van der Waals surface area contributed by atoms with Crippen LogP contribution in [0.4, 0.5) is 15.9 Å². The van der Waals surface area contributed by atoms with E-state index in [-0.39, 0.29) is 12.0 Å². The van der Waals surface area contributed by atoms with Crippen LogP contribution in [0, 0.1) is 11.7 Å². The fourth-order valence-corrected chi connectivity index (χ4v) is 4.56. The van der Waals surface area contributed by atoms with E-state index in [4.69, 9.17) is 4.74 Å². The maximum atomic E-state index is 14.2. The molecule has 1 fully saturated rings. The minimum Gasteiger partial charge on any atom is -0.493 e. The number of halogens is 1. The van der Waals surface area contributed by atoms with E-state index in [2.05, 4.69) is 27.8 Å². The van der Waals surface area contributed by atoms with Gasteiger partial charge < -0.3 is 15.4 Å². The molecule has 0 amide bonds. The van der Waals surface area contributed by atoms with Gasteiger partial charge in [0.1, 0.15) is 17.7 Å². The molecule has 3 aromatic rings. The van der Waals surface area contributed by atoms with Crippen LogP contribution in [0.5, 0.6) is 5.75 Å². The van der Waals surface area contributed by atoms with E-state index in [1.807, 2.05) is 24.3 Å². The van der Waals surface area contributed by atoms with Gasteiger partial charge >= 0.3 is 0 Å². The van der Waals surface area contributed by atoms with Crippen molar-refractivity contribution < 1.29 is 9.13 Å². The zero-order valence-electron chi connectivity index (χ0n) is 17.6. The topological polar surface area (TPSA) is 46.2 Å². The Kier molecular flexibility index (Phi) is 5.74. The third-order valence-electron chi connectivity index (χ3n) is 6.31. The van der Waals surface area contributed by atoms with Gasteiger partial charge in [0, 0.05) is 17.3 Å². The summed E-state index contributed by atoms with van der Waals surface area (Å²) in [7, 11) is 0. The average molecular weight is 418 g/mol. The number of rotatable bonds is 5. The van der Waals surface area contributed by atoms with Crippen molar-refractivity contribution in [2.45, 2.75) is 44.7 Å². The van der Waals surface area contributed by atoms with Gasteiger partial charge in [-0.2, -0.15) is 0 Å². The number of pyridine rings is 1. The summed E-state index contributed by atoms with van der Waals surface area (Å²) in [6.45, 7) is 0.794. The zero-order chi connectivity index (χ0) is 21.0. The zero-order valence-corrected chi connectivity index (χ0v) is 17.6. The number of aromatic nitrogens is 1. The molecule has 0 spiro atoms. The third-order valence-corrected chi connectivity index (χ3v) is 6.31. The van der Waals surface area contributed by atoms with Gasteiger partial charge in [0.15, 0.2) is 5.82 Å². The monoisotopic (exact) mass is 417 g/mol. The molecule has 0 bridgehead atoms. The predicted molar refractivity (Wildman–Crippen MR) is 123 cm³/mol. The second kappa shape index (κ2) is 8.96. The number of ether oxygens (including phenoxy) is 1. The normalized spacial score (nSPS) is 18.5. The number of hydrogen-bond donors (Lipinski definition) is 2. The summed E-state index contributed by atoms with van der Waals surface area (Å²) in [5.41, 5.74) is 3.27. The highest BCUT2D eigenvalue weighted by atomic mass is 19.1. The van der Waals surface area contributed by atoms with Crippen molar-refractivity contribution in [1.82, 2.24) is 4.98 Å². The number of hydrogen-bond acceptors (Lipinski definition) is 4. The van der Waals surface area contributed by atoms with Crippen molar-refractivity contribution in [3.63, 3.8) is 0 Å². The van der Waals surface area contributed by atoms with Crippen molar-refractivity contribution in [2.24, 2.45) is 5.92 Å². The molecule has 2 heterocycles. The lowest BCUT2D eigenvalue weighted by Gasteiger charge is -2.17. The summed E-state index contributed by atoms with van der Waals surface area (Å²) in [4.78, 5) is 4.51. The van der Waals surface area contributed by atoms with E-state index in [0.29, 0.717) is 11.5 Å². The van der Waals surface area contributed by atoms with E-state index in [9.17, 15) is 4.39 Å². The van der Waals surface area contributed by atoms with Crippen LogP contribution in [0.2, 0.25) is 0 Å². The molecule has 1 atom stereocenters. The van der Waals surface area contributed by atoms with Crippen LogP contribution in [-0.4, -0.2) is 11.6 Å². The number of benzene rings is 2. The Morgan fingerprint density at radius 2 is 1.77 bits per heavy atom. The van der Waals surface area contributed by atoms with Gasteiger partial charge in [-0.3, -0.25) is 0 Å². The van der Waals surface area contributed by atoms with Crippen LogP contribution >= 0.6 is 0 Å². The Bertz CT molecular complexity index is 1050. The average Bonchev–Trinajstić information content (AvgIpc) is 3.05. The predicted octanol–water partition coefficient (Wildman–Crippen LogP) is 6.77. The molecule has 31 heavy (non-hydrogen) atoms. The molecular formula is C26H28FN3O. The van der Waals surface area contributed by atoms with Crippen LogP contribution in [0.25, 0.3) is 11.1 Å². The Morgan fingerprint density at radius 1 is 0.935 bits per heavy atom. The van der Waals surface area contributed by atoms with Gasteiger partial charge in [0.25, 0.3) is 0 Å². The van der Waals surface area contributed by atoms with E-state index in [1.165, 1.54) is 44.6 Å². The summed E-state index contributed by atoms with van der Waals surface area (Å²) >= 11 is 0. The fraction of sp³-hybridized carbons (Fsp3) is 0.346. The van der Waals surface area contributed by atoms with Crippen molar-refractivity contribution in [3.8, 4) is 16.9 Å². The lowest BCUT2D eigenvalue weighted by Crippen LogP contribution is -2.14. The number of nitrogens with zero attached hydrogens (tertiary/aromatic N) is 1. The molecule has 1 aliphatic carbocycles. The van der Waals surface area contributed by atoms with E-state index >= 15 is 0 Å². The van der Waals surface area contributed by atoms with Crippen molar-refractivity contribution >= 4 is 11.5 Å². The quantitative estimate of drug-likeness (QED) is 0.450. The van der Waals surface area contributed by atoms with Crippen LogP contribution in [0.15, 0.2) is 60.8 Å². The Morgan fingerprint density at radius 3 is 2.61 bits per heavy atom. The minimum atomic E-state index is -0.245. The summed E-state index contributed by atoms with van der Waals surface area (Å²) in [6, 6.07) is 16.9. The number of nitrogens with one attached hydrogen (secondary N) is 2. The highest BCUT2D eigenvalue weighted by Crippen LogP contribution is 2.37. The molecule has 1 unspecified atom stereocenters. The SMILES string of the molecule is Fc1ccccc1-c1cnc2c(c1)NC(c1cccc(OCC3CCCCCC3)c1)N2. The van der Waals surface area contributed by atoms with Gasteiger partial charge in [-0.1, -0.05) is 56.0 Å². The molecule has 1 aromatic heterocycles. The maximum absolute atomic E-state index is 14.2. The summed E-state index contributed by atoms with van der Waals surface area (Å²) in [5.74, 6) is 2.10. The first-order chi connectivity index (χ1) is 15.3. The van der Waals surface area contributed by atoms with Gasteiger partial charge in [-0.15, -0.1) is 0 Å². The molecule has 0 radical (unpaired) electrons. The summed E-state index contributed by atoms with van der Waals surface area (Å²) in [6.07, 6.45) is 9.53. The largest absolute Gasteiger partial charge is 0.493 e. The summed E-state index contributed by atoms with van der Waals surface area (Å²) in [5, 5.41) is 6.88. The van der Waals surface area contributed by atoms with E-state index in [0.717, 1.165) is 35.0 Å². The molecule has 1 saturated carbocycles. The molecule has 4 nitrogen and oxygen atoms in total. The van der Waals surface area contributed by atoms with Gasteiger partial charge in [0.2, 0.25) is 0 Å².